The van der Waals surface area contributed by atoms with Crippen molar-refractivity contribution in [3.63, 3.8) is 0 Å². The zero-order valence-electron chi connectivity index (χ0n) is 18.3. The first-order valence-electron chi connectivity index (χ1n) is 11.1. The molecule has 2 aliphatic rings. The van der Waals surface area contributed by atoms with Gasteiger partial charge in [0.25, 0.3) is 5.56 Å². The van der Waals surface area contributed by atoms with Crippen LogP contribution in [0.2, 0.25) is 0 Å². The van der Waals surface area contributed by atoms with Gasteiger partial charge in [0.05, 0.1) is 12.6 Å². The Balaban J connectivity index is 1.38. The van der Waals surface area contributed by atoms with E-state index in [0.717, 1.165) is 12.5 Å². The zero-order chi connectivity index (χ0) is 22.9. The number of ether oxygens (including phenoxy) is 2. The fourth-order valence-electron chi connectivity index (χ4n) is 4.25. The number of halogens is 2. The van der Waals surface area contributed by atoms with Gasteiger partial charge in [-0.25, -0.2) is 18.7 Å². The first-order chi connectivity index (χ1) is 16.0. The van der Waals surface area contributed by atoms with E-state index in [1.165, 1.54) is 22.8 Å². The van der Waals surface area contributed by atoms with Gasteiger partial charge < -0.3 is 19.7 Å². The molecule has 1 atom stereocenters. The lowest BCUT2D eigenvalue weighted by Crippen LogP contribution is -2.39. The van der Waals surface area contributed by atoms with Crippen molar-refractivity contribution in [2.75, 3.05) is 36.5 Å². The summed E-state index contributed by atoms with van der Waals surface area (Å²) in [7, 11) is 1.68. The van der Waals surface area contributed by atoms with E-state index in [-0.39, 0.29) is 23.5 Å². The molecule has 174 valence electrons. The third-order valence-electron chi connectivity index (χ3n) is 6.12. The van der Waals surface area contributed by atoms with E-state index in [4.69, 9.17) is 19.4 Å². The molecule has 3 aromatic rings. The third-order valence-corrected chi connectivity index (χ3v) is 6.12. The molecule has 4 heterocycles. The third kappa shape index (κ3) is 4.47. The highest BCUT2D eigenvalue weighted by molar-refractivity contribution is 5.78. The van der Waals surface area contributed by atoms with Crippen molar-refractivity contribution in [3.05, 3.63) is 52.3 Å². The normalized spacial score (nSPS) is 19.2. The second kappa shape index (κ2) is 8.93. The molecule has 33 heavy (non-hydrogen) atoms. The number of hydrogen-bond donors (Lipinski definition) is 1. The van der Waals surface area contributed by atoms with Gasteiger partial charge in [-0.3, -0.25) is 9.36 Å². The fraction of sp³-hybridized carbons (Fsp3) is 0.435. The summed E-state index contributed by atoms with van der Waals surface area (Å²) in [6.45, 7) is 2.55. The second-order valence-electron chi connectivity index (χ2n) is 8.42. The number of anilines is 2. The molecule has 2 fully saturated rings. The standard InChI is InChI=1S/C23H25F2N5O3/c1-29-20(31)5-3-18-22(29)28-21(26-15-8-11-32-13-15)23(27-18)30-9-6-16(7-10-30)33-19-4-2-14(24)12-17(19)25/h2-5,12,15-16H,6-11,13H2,1H3,(H,26,28)/t15-/m1/s1. The van der Waals surface area contributed by atoms with Crippen molar-refractivity contribution in [3.8, 4) is 5.75 Å². The molecule has 5 rings (SSSR count). The smallest absolute Gasteiger partial charge is 0.252 e. The molecular formula is C23H25F2N5O3. The van der Waals surface area contributed by atoms with E-state index in [1.807, 2.05) is 0 Å². The highest BCUT2D eigenvalue weighted by Gasteiger charge is 2.27. The van der Waals surface area contributed by atoms with E-state index in [1.54, 1.807) is 13.1 Å². The molecule has 0 radical (unpaired) electrons. The molecule has 0 spiro atoms. The van der Waals surface area contributed by atoms with Crippen LogP contribution in [0.1, 0.15) is 19.3 Å². The largest absolute Gasteiger partial charge is 0.487 e. The van der Waals surface area contributed by atoms with Gasteiger partial charge in [0.15, 0.2) is 28.8 Å². The Morgan fingerprint density at radius 2 is 1.94 bits per heavy atom. The molecule has 2 aromatic heterocycles. The summed E-state index contributed by atoms with van der Waals surface area (Å²) in [6.07, 6.45) is 1.98. The van der Waals surface area contributed by atoms with Crippen molar-refractivity contribution in [1.29, 1.82) is 0 Å². The number of hydrogen-bond acceptors (Lipinski definition) is 7. The monoisotopic (exact) mass is 457 g/mol. The molecule has 1 aromatic carbocycles. The molecule has 0 amide bonds. The van der Waals surface area contributed by atoms with Gasteiger partial charge in [0.1, 0.15) is 17.4 Å². The first-order valence-corrected chi connectivity index (χ1v) is 11.1. The average Bonchev–Trinajstić information content (AvgIpc) is 3.32. The van der Waals surface area contributed by atoms with Gasteiger partial charge >= 0.3 is 0 Å². The molecule has 2 aliphatic heterocycles. The van der Waals surface area contributed by atoms with E-state index in [9.17, 15) is 13.6 Å². The Bertz CT molecular complexity index is 1220. The SMILES string of the molecule is Cn1c(=O)ccc2nc(N3CCC(Oc4ccc(F)cc4F)CC3)c(N[C@@H]3CCOC3)nc21. The lowest BCUT2D eigenvalue weighted by molar-refractivity contribution is 0.163. The Hall–Kier alpha value is -3.27. The molecule has 10 heteroatoms. The summed E-state index contributed by atoms with van der Waals surface area (Å²) in [6, 6.07) is 6.63. The molecule has 8 nitrogen and oxygen atoms in total. The van der Waals surface area contributed by atoms with Crippen LogP contribution in [-0.4, -0.2) is 53.0 Å². The van der Waals surface area contributed by atoms with Crippen molar-refractivity contribution >= 4 is 22.8 Å². The summed E-state index contributed by atoms with van der Waals surface area (Å²) in [4.78, 5) is 23.8. The summed E-state index contributed by atoms with van der Waals surface area (Å²) >= 11 is 0. The number of piperidine rings is 1. The number of nitrogens with one attached hydrogen (secondary N) is 1. The fourth-order valence-corrected chi connectivity index (χ4v) is 4.25. The predicted octanol–water partition coefficient (Wildman–Crippen LogP) is 2.86. The maximum absolute atomic E-state index is 14.0. The Morgan fingerprint density at radius 3 is 2.67 bits per heavy atom. The average molecular weight is 457 g/mol. The Morgan fingerprint density at radius 1 is 1.12 bits per heavy atom. The van der Waals surface area contributed by atoms with Gasteiger partial charge in [-0.15, -0.1) is 0 Å². The van der Waals surface area contributed by atoms with Gasteiger partial charge in [-0.1, -0.05) is 0 Å². The number of aromatic nitrogens is 3. The second-order valence-corrected chi connectivity index (χ2v) is 8.42. The highest BCUT2D eigenvalue weighted by Crippen LogP contribution is 2.30. The number of benzene rings is 1. The number of fused-ring (bicyclic) bond motifs is 1. The quantitative estimate of drug-likeness (QED) is 0.631. The minimum absolute atomic E-state index is 0.0600. The number of aryl methyl sites for hydroxylation is 1. The van der Waals surface area contributed by atoms with Crippen LogP contribution in [0, 0.1) is 11.6 Å². The summed E-state index contributed by atoms with van der Waals surface area (Å²) < 4.78 is 39.9. The molecule has 0 unspecified atom stereocenters. The highest BCUT2D eigenvalue weighted by atomic mass is 19.1. The van der Waals surface area contributed by atoms with Crippen molar-refractivity contribution in [1.82, 2.24) is 14.5 Å². The van der Waals surface area contributed by atoms with Crippen LogP contribution in [0.15, 0.2) is 35.1 Å². The number of pyridine rings is 1. The molecule has 0 aliphatic carbocycles. The van der Waals surface area contributed by atoms with Crippen LogP contribution in [0.4, 0.5) is 20.4 Å². The minimum Gasteiger partial charge on any atom is -0.487 e. The topological polar surface area (TPSA) is 81.5 Å². The molecular weight excluding hydrogens is 432 g/mol. The van der Waals surface area contributed by atoms with E-state index in [0.29, 0.717) is 61.9 Å². The van der Waals surface area contributed by atoms with Crippen LogP contribution in [0.3, 0.4) is 0 Å². The van der Waals surface area contributed by atoms with Gasteiger partial charge in [-0.05, 0) is 24.6 Å². The Labute approximate surface area is 189 Å². The van der Waals surface area contributed by atoms with Crippen LogP contribution in [0.5, 0.6) is 5.75 Å². The lowest BCUT2D eigenvalue weighted by Gasteiger charge is -2.34. The van der Waals surface area contributed by atoms with Gasteiger partial charge in [0.2, 0.25) is 0 Å². The van der Waals surface area contributed by atoms with E-state index >= 15 is 0 Å². The van der Waals surface area contributed by atoms with Crippen LogP contribution < -0.4 is 20.5 Å². The molecule has 2 saturated heterocycles. The van der Waals surface area contributed by atoms with Crippen molar-refractivity contribution in [2.24, 2.45) is 7.05 Å². The molecule has 0 bridgehead atoms. The number of nitrogens with zero attached hydrogens (tertiary/aromatic N) is 4. The van der Waals surface area contributed by atoms with Crippen LogP contribution in [0.25, 0.3) is 11.2 Å². The summed E-state index contributed by atoms with van der Waals surface area (Å²) in [5.74, 6) is 0.0518. The maximum atomic E-state index is 14.0. The minimum atomic E-state index is -0.700. The maximum Gasteiger partial charge on any atom is 0.252 e. The van der Waals surface area contributed by atoms with E-state index < -0.39 is 11.6 Å². The number of rotatable bonds is 5. The van der Waals surface area contributed by atoms with Gasteiger partial charge in [0, 0.05) is 51.7 Å². The van der Waals surface area contributed by atoms with Crippen molar-refractivity contribution in [2.45, 2.75) is 31.4 Å². The lowest BCUT2D eigenvalue weighted by atomic mass is 10.1. The predicted molar refractivity (Wildman–Crippen MR) is 120 cm³/mol. The molecule has 0 saturated carbocycles. The summed E-state index contributed by atoms with van der Waals surface area (Å²) in [5, 5.41) is 3.44. The van der Waals surface area contributed by atoms with Crippen LogP contribution in [-0.2, 0) is 11.8 Å². The van der Waals surface area contributed by atoms with Crippen LogP contribution >= 0.6 is 0 Å². The van der Waals surface area contributed by atoms with Crippen molar-refractivity contribution < 1.29 is 18.3 Å². The molecule has 1 N–H and O–H groups in total. The summed E-state index contributed by atoms with van der Waals surface area (Å²) in [5.41, 5.74) is 0.996. The zero-order valence-corrected chi connectivity index (χ0v) is 18.3. The van der Waals surface area contributed by atoms with Gasteiger partial charge in [-0.2, -0.15) is 0 Å². The van der Waals surface area contributed by atoms with E-state index in [2.05, 4.69) is 10.2 Å². The first kappa shape index (κ1) is 21.6. The Kier molecular flexibility index (Phi) is 5.84.